The van der Waals surface area contributed by atoms with Crippen LogP contribution in [0.25, 0.3) is 32.0 Å². The minimum absolute atomic E-state index is 0.190. The molecule has 2 aromatic heterocycles. The molecule has 0 aliphatic rings. The summed E-state index contributed by atoms with van der Waals surface area (Å²) in [5, 5.41) is 5.95. The van der Waals surface area contributed by atoms with Gasteiger partial charge >= 0.3 is 5.97 Å². The molecule has 0 radical (unpaired) electrons. The zero-order valence-corrected chi connectivity index (χ0v) is 19.0. The molecule has 1 amide bonds. The summed E-state index contributed by atoms with van der Waals surface area (Å²) in [5.74, 6) is -0.771. The molecular weight excluding hydrogens is 434 g/mol. The van der Waals surface area contributed by atoms with Crippen LogP contribution in [0.15, 0.2) is 66.7 Å². The predicted molar refractivity (Wildman–Crippen MR) is 133 cm³/mol. The zero-order chi connectivity index (χ0) is 22.8. The minimum atomic E-state index is -0.411. The van der Waals surface area contributed by atoms with E-state index in [9.17, 15) is 9.59 Å². The molecule has 0 bridgehead atoms. The lowest BCUT2D eigenvalue weighted by atomic mass is 10.1. The van der Waals surface area contributed by atoms with Gasteiger partial charge in [0.1, 0.15) is 0 Å². The second kappa shape index (κ2) is 9.03. The normalized spacial score (nSPS) is 11.3. The van der Waals surface area contributed by atoms with Crippen LogP contribution in [-0.4, -0.2) is 28.0 Å². The second-order valence-electron chi connectivity index (χ2n) is 7.78. The molecule has 166 valence electrons. The van der Waals surface area contributed by atoms with Gasteiger partial charge in [0, 0.05) is 40.5 Å². The topological polar surface area (TPSA) is 73.2 Å². The van der Waals surface area contributed by atoms with Gasteiger partial charge in [0.05, 0.1) is 21.6 Å². The first-order valence-corrected chi connectivity index (χ1v) is 11.7. The Bertz CT molecular complexity index is 1450. The van der Waals surface area contributed by atoms with Crippen molar-refractivity contribution in [2.75, 3.05) is 11.9 Å². The van der Waals surface area contributed by atoms with Crippen LogP contribution in [0.3, 0.4) is 0 Å². The van der Waals surface area contributed by atoms with E-state index in [1.165, 1.54) is 5.52 Å². The number of carbonyl (C=O) groups excluding carboxylic acids is 2. The molecule has 0 aliphatic carbocycles. The molecule has 0 fully saturated rings. The van der Waals surface area contributed by atoms with Crippen molar-refractivity contribution in [1.29, 1.82) is 0 Å². The van der Waals surface area contributed by atoms with Crippen molar-refractivity contribution < 1.29 is 14.3 Å². The van der Waals surface area contributed by atoms with E-state index >= 15 is 0 Å². The summed E-state index contributed by atoms with van der Waals surface area (Å²) in [4.78, 5) is 29.0. The highest BCUT2D eigenvalue weighted by Crippen LogP contribution is 2.31. The van der Waals surface area contributed by atoms with Gasteiger partial charge in [-0.15, -0.1) is 11.3 Å². The van der Waals surface area contributed by atoms with Crippen LogP contribution in [0, 0.1) is 0 Å². The third-order valence-corrected chi connectivity index (χ3v) is 6.71. The first-order valence-electron chi connectivity index (χ1n) is 10.9. The Labute approximate surface area is 194 Å². The van der Waals surface area contributed by atoms with Crippen molar-refractivity contribution in [1.82, 2.24) is 9.55 Å². The summed E-state index contributed by atoms with van der Waals surface area (Å²) in [5.41, 5.74) is 3.90. The van der Waals surface area contributed by atoms with E-state index in [0.29, 0.717) is 12.1 Å². The largest absolute Gasteiger partial charge is 0.456 e. The lowest BCUT2D eigenvalue weighted by Gasteiger charge is -2.07. The maximum Gasteiger partial charge on any atom is 0.306 e. The van der Waals surface area contributed by atoms with Gasteiger partial charge in [0.2, 0.25) is 0 Å². The number of esters is 1. The number of amides is 1. The number of hydrogen-bond acceptors (Lipinski definition) is 5. The Kier molecular flexibility index (Phi) is 5.79. The molecule has 2 heterocycles. The minimum Gasteiger partial charge on any atom is -0.456 e. The summed E-state index contributed by atoms with van der Waals surface area (Å²) >= 11 is 1.57. The zero-order valence-electron chi connectivity index (χ0n) is 18.2. The Hall–Kier alpha value is -3.71. The van der Waals surface area contributed by atoms with Crippen LogP contribution >= 0.6 is 11.3 Å². The average Bonchev–Trinajstić information content (AvgIpc) is 3.39. The summed E-state index contributed by atoms with van der Waals surface area (Å²) in [6.45, 7) is 2.67. The number of nitrogens with zero attached hydrogens (tertiary/aromatic N) is 2. The maximum absolute atomic E-state index is 12.4. The first-order chi connectivity index (χ1) is 16.1. The monoisotopic (exact) mass is 457 g/mol. The molecule has 0 aliphatic heterocycles. The molecule has 0 atom stereocenters. The molecule has 7 heteroatoms. The van der Waals surface area contributed by atoms with Crippen molar-refractivity contribution in [2.45, 2.75) is 26.3 Å². The predicted octanol–water partition coefficient (Wildman–Crippen LogP) is 5.54. The summed E-state index contributed by atoms with van der Waals surface area (Å²) in [6, 6.07) is 22.0. The van der Waals surface area contributed by atoms with Crippen LogP contribution in [-0.2, 0) is 27.3 Å². The van der Waals surface area contributed by atoms with Crippen molar-refractivity contribution in [3.63, 3.8) is 0 Å². The van der Waals surface area contributed by atoms with Crippen LogP contribution < -0.4 is 5.32 Å². The fourth-order valence-electron chi connectivity index (χ4n) is 4.12. The van der Waals surface area contributed by atoms with Gasteiger partial charge in [-0.2, -0.15) is 0 Å². The van der Waals surface area contributed by atoms with E-state index in [1.807, 2.05) is 54.6 Å². The van der Waals surface area contributed by atoms with E-state index in [0.717, 1.165) is 38.1 Å². The van der Waals surface area contributed by atoms with Gasteiger partial charge in [-0.3, -0.25) is 9.59 Å². The lowest BCUT2D eigenvalue weighted by Crippen LogP contribution is -2.21. The number of nitrogens with one attached hydrogen (secondary N) is 1. The highest BCUT2D eigenvalue weighted by molar-refractivity contribution is 7.18. The van der Waals surface area contributed by atoms with Crippen LogP contribution in [0.2, 0.25) is 0 Å². The number of benzene rings is 3. The highest BCUT2D eigenvalue weighted by atomic mass is 32.1. The molecule has 33 heavy (non-hydrogen) atoms. The van der Waals surface area contributed by atoms with Gasteiger partial charge in [-0.05, 0) is 43.3 Å². The van der Waals surface area contributed by atoms with Gasteiger partial charge in [0.15, 0.2) is 6.61 Å². The Morgan fingerprint density at radius 2 is 1.79 bits per heavy atom. The number of carbonyl (C=O) groups is 2. The van der Waals surface area contributed by atoms with E-state index in [4.69, 9.17) is 4.74 Å². The molecular formula is C26H23N3O3S. The third-order valence-electron chi connectivity index (χ3n) is 5.62. The fraction of sp³-hybridized carbons (Fsp3) is 0.192. The van der Waals surface area contributed by atoms with Crippen LogP contribution in [0.4, 0.5) is 5.69 Å². The van der Waals surface area contributed by atoms with Crippen molar-refractivity contribution in [3.8, 4) is 0 Å². The molecule has 0 saturated heterocycles. The number of anilines is 1. The number of hydrogen-bond donors (Lipinski definition) is 1. The number of rotatable bonds is 7. The average molecular weight is 458 g/mol. The van der Waals surface area contributed by atoms with Gasteiger partial charge in [-0.1, -0.05) is 30.3 Å². The number of ether oxygens (including phenoxy) is 1. The quantitative estimate of drug-likeness (QED) is 0.326. The molecule has 3 aromatic carbocycles. The van der Waals surface area contributed by atoms with Crippen molar-refractivity contribution >= 4 is 60.9 Å². The standard InChI is InChI=1S/C26H23N3O3S/c1-2-29-21-9-5-3-7-18(21)19-15-17(11-12-22(19)29)27-24(30)16-32-26(31)14-13-25-28-20-8-4-6-10-23(20)33-25/h3-12,15H,2,13-14,16H2,1H3,(H,27,30). The molecule has 5 rings (SSSR count). The van der Waals surface area contributed by atoms with Crippen LogP contribution in [0.5, 0.6) is 0 Å². The lowest BCUT2D eigenvalue weighted by molar-refractivity contribution is -0.147. The Morgan fingerprint density at radius 1 is 1.00 bits per heavy atom. The molecule has 1 N–H and O–H groups in total. The second-order valence-corrected chi connectivity index (χ2v) is 8.89. The summed E-state index contributed by atoms with van der Waals surface area (Å²) in [6.07, 6.45) is 0.688. The van der Waals surface area contributed by atoms with E-state index in [1.54, 1.807) is 11.3 Å². The smallest absolute Gasteiger partial charge is 0.306 e. The summed E-state index contributed by atoms with van der Waals surface area (Å²) in [7, 11) is 0. The fourth-order valence-corrected chi connectivity index (χ4v) is 5.09. The van der Waals surface area contributed by atoms with E-state index in [2.05, 4.69) is 33.9 Å². The number of aromatic nitrogens is 2. The van der Waals surface area contributed by atoms with Gasteiger partial charge in [0.25, 0.3) is 5.91 Å². The first kappa shape index (κ1) is 21.2. The molecule has 5 aromatic rings. The highest BCUT2D eigenvalue weighted by Gasteiger charge is 2.13. The van der Waals surface area contributed by atoms with E-state index < -0.39 is 5.97 Å². The molecule has 0 saturated carbocycles. The third kappa shape index (κ3) is 4.32. The van der Waals surface area contributed by atoms with Gasteiger partial charge in [-0.25, -0.2) is 4.98 Å². The summed E-state index contributed by atoms with van der Waals surface area (Å²) < 4.78 is 8.52. The molecule has 0 unspecified atom stereocenters. The Balaban J connectivity index is 1.19. The van der Waals surface area contributed by atoms with E-state index in [-0.39, 0.29) is 18.9 Å². The SMILES string of the molecule is CCn1c2ccccc2c2cc(NC(=O)COC(=O)CCc3nc4ccccc4s3)ccc21. The molecule has 6 nitrogen and oxygen atoms in total. The van der Waals surface area contributed by atoms with Crippen LogP contribution in [0.1, 0.15) is 18.4 Å². The number of fused-ring (bicyclic) bond motifs is 4. The number of aryl methyl sites for hydroxylation is 2. The van der Waals surface area contributed by atoms with Gasteiger partial charge < -0.3 is 14.6 Å². The van der Waals surface area contributed by atoms with Crippen molar-refractivity contribution in [2.24, 2.45) is 0 Å². The molecule has 0 spiro atoms. The number of para-hydroxylation sites is 2. The van der Waals surface area contributed by atoms with Crippen molar-refractivity contribution in [3.05, 3.63) is 71.7 Å². The Morgan fingerprint density at radius 3 is 2.64 bits per heavy atom. The maximum atomic E-state index is 12.4. The number of thiazole rings is 1.